The van der Waals surface area contributed by atoms with E-state index in [2.05, 4.69) is 29.4 Å². The molecule has 0 saturated carbocycles. The summed E-state index contributed by atoms with van der Waals surface area (Å²) in [6.45, 7) is 6.26. The highest BCUT2D eigenvalue weighted by atomic mass is 16.2. The Morgan fingerprint density at radius 2 is 1.71 bits per heavy atom. The van der Waals surface area contributed by atoms with Gasteiger partial charge in [-0.15, -0.1) is 0 Å². The van der Waals surface area contributed by atoms with Crippen LogP contribution in [0, 0.1) is 17.8 Å². The molecule has 6 nitrogen and oxygen atoms in total. The number of likely N-dealkylation sites (tertiary alicyclic amines) is 1. The summed E-state index contributed by atoms with van der Waals surface area (Å²) in [4.78, 5) is 42.4. The highest BCUT2D eigenvalue weighted by Gasteiger charge is 2.51. The summed E-state index contributed by atoms with van der Waals surface area (Å²) in [7, 11) is 2.06. The first kappa shape index (κ1) is 23.2. The molecule has 0 spiro atoms. The first-order valence-electron chi connectivity index (χ1n) is 11.4. The largest absolute Gasteiger partial charge is 0.354 e. The van der Waals surface area contributed by atoms with E-state index in [0.29, 0.717) is 25.8 Å². The minimum absolute atomic E-state index is 0.178. The summed E-state index contributed by atoms with van der Waals surface area (Å²) in [6, 6.07) is 9.57. The van der Waals surface area contributed by atoms with Crippen molar-refractivity contribution in [1.82, 2.24) is 15.1 Å². The van der Waals surface area contributed by atoms with Crippen molar-refractivity contribution in [2.75, 3.05) is 20.1 Å². The van der Waals surface area contributed by atoms with Gasteiger partial charge in [-0.2, -0.15) is 0 Å². The van der Waals surface area contributed by atoms with Crippen LogP contribution in [-0.4, -0.2) is 53.7 Å². The molecule has 1 fully saturated rings. The zero-order valence-corrected chi connectivity index (χ0v) is 18.9. The molecule has 0 aromatic heterocycles. The highest BCUT2D eigenvalue weighted by molar-refractivity contribution is 6.08. The van der Waals surface area contributed by atoms with Crippen LogP contribution in [0.25, 0.3) is 0 Å². The Balaban J connectivity index is 1.53. The normalized spacial score (nSPS) is 21.6. The molecule has 31 heavy (non-hydrogen) atoms. The molecule has 2 aliphatic rings. The average molecular weight is 426 g/mol. The maximum atomic E-state index is 13.0. The molecule has 0 bridgehead atoms. The fourth-order valence-corrected chi connectivity index (χ4v) is 4.56. The summed E-state index contributed by atoms with van der Waals surface area (Å²) in [6.07, 6.45) is 6.42. The second-order valence-electron chi connectivity index (χ2n) is 9.22. The third-order valence-corrected chi connectivity index (χ3v) is 6.16. The molecule has 3 amide bonds. The number of carbonyl (C=O) groups is 3. The SMILES string of the molecule is CC(C)CC(C(=O)NCCCN(C)Cc1ccccc1)N1C(=O)C2CC=CCC2C1=O. The summed E-state index contributed by atoms with van der Waals surface area (Å²) in [5.41, 5.74) is 1.26. The summed E-state index contributed by atoms with van der Waals surface area (Å²) >= 11 is 0. The van der Waals surface area contributed by atoms with Crippen LogP contribution >= 0.6 is 0 Å². The minimum atomic E-state index is -0.715. The van der Waals surface area contributed by atoms with E-state index in [1.54, 1.807) is 0 Å². The summed E-state index contributed by atoms with van der Waals surface area (Å²) in [5.74, 6) is -0.967. The van der Waals surface area contributed by atoms with Gasteiger partial charge in [-0.1, -0.05) is 56.3 Å². The lowest BCUT2D eigenvalue weighted by Crippen LogP contribution is -2.51. The molecule has 1 aliphatic heterocycles. The maximum Gasteiger partial charge on any atom is 0.243 e. The number of benzene rings is 1. The Bertz CT molecular complexity index is 779. The van der Waals surface area contributed by atoms with Gasteiger partial charge in [-0.3, -0.25) is 19.3 Å². The van der Waals surface area contributed by atoms with Crippen LogP contribution in [0.3, 0.4) is 0 Å². The van der Waals surface area contributed by atoms with Gasteiger partial charge in [0, 0.05) is 13.1 Å². The number of allylic oxidation sites excluding steroid dienone is 2. The number of hydrogen-bond donors (Lipinski definition) is 1. The van der Waals surface area contributed by atoms with E-state index >= 15 is 0 Å². The first-order valence-corrected chi connectivity index (χ1v) is 11.4. The Morgan fingerprint density at radius 1 is 1.10 bits per heavy atom. The van der Waals surface area contributed by atoms with Crippen molar-refractivity contribution in [2.24, 2.45) is 17.8 Å². The zero-order chi connectivity index (χ0) is 22.4. The number of hydrogen-bond acceptors (Lipinski definition) is 4. The molecule has 168 valence electrons. The van der Waals surface area contributed by atoms with E-state index in [1.807, 2.05) is 44.2 Å². The molecular formula is C25H35N3O3. The van der Waals surface area contributed by atoms with E-state index in [4.69, 9.17) is 0 Å². The smallest absolute Gasteiger partial charge is 0.243 e. The van der Waals surface area contributed by atoms with E-state index in [9.17, 15) is 14.4 Å². The lowest BCUT2D eigenvalue weighted by atomic mass is 9.85. The molecule has 3 atom stereocenters. The Kier molecular flexibility index (Phi) is 8.02. The van der Waals surface area contributed by atoms with Gasteiger partial charge in [0.15, 0.2) is 0 Å². The molecule has 1 aromatic carbocycles. The van der Waals surface area contributed by atoms with Crippen molar-refractivity contribution in [2.45, 2.75) is 52.1 Å². The van der Waals surface area contributed by atoms with Crippen LogP contribution < -0.4 is 5.32 Å². The number of amides is 3. The van der Waals surface area contributed by atoms with E-state index in [0.717, 1.165) is 19.5 Å². The standard InChI is InChI=1S/C25H35N3O3/c1-18(2)16-22(28-24(30)20-12-7-8-13-21(20)25(28)31)23(29)26-14-9-15-27(3)17-19-10-5-4-6-11-19/h4-8,10-11,18,20-22H,9,12-17H2,1-3H3,(H,26,29). The second kappa shape index (κ2) is 10.7. The van der Waals surface area contributed by atoms with E-state index in [1.165, 1.54) is 10.5 Å². The summed E-state index contributed by atoms with van der Waals surface area (Å²) in [5, 5.41) is 2.98. The molecule has 6 heteroatoms. The Hall–Kier alpha value is -2.47. The minimum Gasteiger partial charge on any atom is -0.354 e. The molecule has 1 heterocycles. The number of nitrogens with one attached hydrogen (secondary N) is 1. The van der Waals surface area contributed by atoms with Crippen LogP contribution in [0.15, 0.2) is 42.5 Å². The van der Waals surface area contributed by atoms with Crippen molar-refractivity contribution in [3.8, 4) is 0 Å². The quantitative estimate of drug-likeness (QED) is 0.355. The fourth-order valence-electron chi connectivity index (χ4n) is 4.56. The fraction of sp³-hybridized carbons (Fsp3) is 0.560. The Morgan fingerprint density at radius 3 is 2.29 bits per heavy atom. The van der Waals surface area contributed by atoms with Crippen LogP contribution in [0.4, 0.5) is 0 Å². The molecule has 1 aromatic rings. The number of rotatable bonds is 10. The van der Waals surface area contributed by atoms with Crippen molar-refractivity contribution < 1.29 is 14.4 Å². The molecule has 1 N–H and O–H groups in total. The zero-order valence-electron chi connectivity index (χ0n) is 18.9. The van der Waals surface area contributed by atoms with Crippen molar-refractivity contribution in [3.05, 3.63) is 48.0 Å². The average Bonchev–Trinajstić information content (AvgIpc) is 3.00. The van der Waals surface area contributed by atoms with Crippen LogP contribution in [0.5, 0.6) is 0 Å². The van der Waals surface area contributed by atoms with Crippen molar-refractivity contribution in [3.63, 3.8) is 0 Å². The second-order valence-corrected chi connectivity index (χ2v) is 9.22. The molecule has 0 radical (unpaired) electrons. The van der Waals surface area contributed by atoms with Crippen LogP contribution in [0.1, 0.15) is 45.1 Å². The topological polar surface area (TPSA) is 69.7 Å². The predicted molar refractivity (Wildman–Crippen MR) is 121 cm³/mol. The maximum absolute atomic E-state index is 13.0. The monoisotopic (exact) mass is 425 g/mol. The van der Waals surface area contributed by atoms with Crippen molar-refractivity contribution >= 4 is 17.7 Å². The van der Waals surface area contributed by atoms with Crippen LogP contribution in [0.2, 0.25) is 0 Å². The van der Waals surface area contributed by atoms with Gasteiger partial charge in [-0.25, -0.2) is 0 Å². The molecular weight excluding hydrogens is 390 g/mol. The van der Waals surface area contributed by atoms with Gasteiger partial charge in [0.2, 0.25) is 17.7 Å². The number of nitrogens with zero attached hydrogens (tertiary/aromatic N) is 2. The first-order chi connectivity index (χ1) is 14.9. The van der Waals surface area contributed by atoms with Gasteiger partial charge >= 0.3 is 0 Å². The third kappa shape index (κ3) is 5.82. The van der Waals surface area contributed by atoms with E-state index in [-0.39, 0.29) is 35.5 Å². The lowest BCUT2D eigenvalue weighted by Gasteiger charge is -2.27. The summed E-state index contributed by atoms with van der Waals surface area (Å²) < 4.78 is 0. The van der Waals surface area contributed by atoms with Crippen molar-refractivity contribution in [1.29, 1.82) is 0 Å². The molecule has 1 saturated heterocycles. The van der Waals surface area contributed by atoms with Gasteiger partial charge in [0.05, 0.1) is 11.8 Å². The van der Waals surface area contributed by atoms with Crippen LogP contribution in [-0.2, 0) is 20.9 Å². The number of carbonyl (C=O) groups excluding carboxylic acids is 3. The third-order valence-electron chi connectivity index (χ3n) is 6.16. The highest BCUT2D eigenvalue weighted by Crippen LogP contribution is 2.37. The Labute approximate surface area is 185 Å². The van der Waals surface area contributed by atoms with Gasteiger partial charge in [0.25, 0.3) is 0 Å². The number of fused-ring (bicyclic) bond motifs is 1. The van der Waals surface area contributed by atoms with Gasteiger partial charge < -0.3 is 10.2 Å². The molecule has 3 rings (SSSR count). The number of imide groups is 1. The predicted octanol–water partition coefficient (Wildman–Crippen LogP) is 2.99. The van der Waals surface area contributed by atoms with Gasteiger partial charge in [0.1, 0.15) is 6.04 Å². The van der Waals surface area contributed by atoms with E-state index < -0.39 is 6.04 Å². The van der Waals surface area contributed by atoms with Gasteiger partial charge in [-0.05, 0) is 50.8 Å². The molecule has 3 unspecified atom stereocenters. The molecule has 1 aliphatic carbocycles. The lowest BCUT2D eigenvalue weighted by molar-refractivity contribution is -0.148.